The third-order valence-corrected chi connectivity index (χ3v) is 3.33. The van der Waals surface area contributed by atoms with Gasteiger partial charge in [0.2, 0.25) is 0 Å². The van der Waals surface area contributed by atoms with Crippen molar-refractivity contribution in [3.8, 4) is 0 Å². The molecule has 0 fully saturated rings. The third-order valence-electron chi connectivity index (χ3n) is 3.33. The first-order valence-electron chi connectivity index (χ1n) is 7.20. The number of aliphatic carboxylic acids is 1. The zero-order valence-electron chi connectivity index (χ0n) is 12.7. The highest BCUT2D eigenvalue weighted by Crippen LogP contribution is 2.15. The van der Waals surface area contributed by atoms with E-state index in [2.05, 4.69) is 10.3 Å². The maximum absolute atomic E-state index is 11.9. The van der Waals surface area contributed by atoms with Crippen LogP contribution in [0.15, 0.2) is 54.9 Å². The Morgan fingerprint density at radius 3 is 2.43 bits per heavy atom. The molecule has 120 valence electrons. The molecule has 0 radical (unpaired) electrons. The molecule has 6 nitrogen and oxygen atoms in total. The van der Waals surface area contributed by atoms with Gasteiger partial charge in [0, 0.05) is 18.8 Å². The van der Waals surface area contributed by atoms with E-state index in [1.54, 1.807) is 31.5 Å². The Hall–Kier alpha value is -2.89. The first-order chi connectivity index (χ1) is 11.1. The molecule has 0 spiro atoms. The summed E-state index contributed by atoms with van der Waals surface area (Å²) >= 11 is 0. The molecule has 2 atom stereocenters. The van der Waals surface area contributed by atoms with Gasteiger partial charge in [-0.25, -0.2) is 9.59 Å². The van der Waals surface area contributed by atoms with Crippen LogP contribution in [0, 0.1) is 0 Å². The number of carboxylic acid groups (broad SMARTS) is 1. The molecule has 0 saturated carbocycles. The fraction of sp³-hybridized carbons (Fsp3) is 0.235. The second-order valence-electron chi connectivity index (χ2n) is 5.05. The molecule has 2 rings (SSSR count). The van der Waals surface area contributed by atoms with Crippen molar-refractivity contribution in [2.45, 2.75) is 25.5 Å². The van der Waals surface area contributed by atoms with Crippen molar-refractivity contribution < 1.29 is 19.4 Å². The number of pyridine rings is 1. The Labute approximate surface area is 134 Å². The summed E-state index contributed by atoms with van der Waals surface area (Å²) in [4.78, 5) is 27.1. The van der Waals surface area contributed by atoms with Gasteiger partial charge < -0.3 is 15.2 Å². The van der Waals surface area contributed by atoms with Crippen molar-refractivity contribution in [2.75, 3.05) is 0 Å². The van der Waals surface area contributed by atoms with Crippen LogP contribution in [0.4, 0.5) is 4.79 Å². The van der Waals surface area contributed by atoms with Crippen LogP contribution in [0.3, 0.4) is 0 Å². The highest BCUT2D eigenvalue weighted by atomic mass is 16.6. The number of nitrogens with zero attached hydrogens (tertiary/aromatic N) is 1. The van der Waals surface area contributed by atoms with Gasteiger partial charge in [-0.15, -0.1) is 0 Å². The number of ether oxygens (including phenoxy) is 1. The summed E-state index contributed by atoms with van der Waals surface area (Å²) in [5.74, 6) is -1.11. The molecule has 0 aliphatic heterocycles. The Kier molecular flexibility index (Phi) is 5.68. The van der Waals surface area contributed by atoms with Crippen LogP contribution in [-0.4, -0.2) is 28.2 Å². The predicted octanol–water partition coefficient (Wildman–Crippen LogP) is 2.56. The van der Waals surface area contributed by atoms with E-state index in [1.165, 1.54) is 0 Å². The van der Waals surface area contributed by atoms with Crippen LogP contribution in [0.25, 0.3) is 0 Å². The second kappa shape index (κ2) is 7.93. The van der Waals surface area contributed by atoms with E-state index in [9.17, 15) is 14.7 Å². The van der Waals surface area contributed by atoms with E-state index in [0.717, 1.165) is 11.1 Å². The van der Waals surface area contributed by atoms with E-state index < -0.39 is 24.2 Å². The maximum atomic E-state index is 11.9. The van der Waals surface area contributed by atoms with Gasteiger partial charge in [-0.3, -0.25) is 4.98 Å². The first kappa shape index (κ1) is 16.5. The highest BCUT2D eigenvalue weighted by molar-refractivity contribution is 5.80. The third kappa shape index (κ3) is 5.10. The number of benzene rings is 1. The summed E-state index contributed by atoms with van der Waals surface area (Å²) in [7, 11) is 0. The SMILES string of the molecule is CC(OC(=O)N[C@@H](Cc1ccccc1)C(=O)O)c1ccncc1. The number of nitrogens with one attached hydrogen (secondary N) is 1. The molecule has 0 saturated heterocycles. The summed E-state index contributed by atoms with van der Waals surface area (Å²) in [6.07, 6.45) is 2.13. The van der Waals surface area contributed by atoms with Gasteiger partial charge in [-0.05, 0) is 30.2 Å². The van der Waals surface area contributed by atoms with E-state index in [4.69, 9.17) is 4.74 Å². The lowest BCUT2D eigenvalue weighted by atomic mass is 10.1. The molecule has 2 N–H and O–H groups in total. The Bertz CT molecular complexity index is 646. The molecule has 23 heavy (non-hydrogen) atoms. The van der Waals surface area contributed by atoms with E-state index in [0.29, 0.717) is 0 Å². The zero-order chi connectivity index (χ0) is 16.7. The standard InChI is InChI=1S/C17H18N2O4/c1-12(14-7-9-18-10-8-14)23-17(22)19-15(16(20)21)11-13-5-3-2-4-6-13/h2-10,12,15H,11H2,1H3,(H,19,22)(H,20,21)/t12?,15-/m0/s1. The number of alkyl carbamates (subject to hydrolysis) is 1. The van der Waals surface area contributed by atoms with Crippen molar-refractivity contribution in [1.29, 1.82) is 0 Å². The van der Waals surface area contributed by atoms with E-state index in [-0.39, 0.29) is 6.42 Å². The minimum Gasteiger partial charge on any atom is -0.480 e. The molecule has 1 unspecified atom stereocenters. The number of hydrogen-bond acceptors (Lipinski definition) is 4. The van der Waals surface area contributed by atoms with Gasteiger partial charge in [0.15, 0.2) is 0 Å². The largest absolute Gasteiger partial charge is 0.480 e. The van der Waals surface area contributed by atoms with Crippen LogP contribution < -0.4 is 5.32 Å². The second-order valence-corrected chi connectivity index (χ2v) is 5.05. The quantitative estimate of drug-likeness (QED) is 0.855. The van der Waals surface area contributed by atoms with Crippen LogP contribution >= 0.6 is 0 Å². The lowest BCUT2D eigenvalue weighted by Crippen LogP contribution is -2.42. The summed E-state index contributed by atoms with van der Waals surface area (Å²) in [6.45, 7) is 1.71. The van der Waals surface area contributed by atoms with Gasteiger partial charge in [-0.2, -0.15) is 0 Å². The number of carbonyl (C=O) groups is 2. The van der Waals surface area contributed by atoms with Gasteiger partial charge in [0.25, 0.3) is 0 Å². The van der Waals surface area contributed by atoms with Crippen LogP contribution in [-0.2, 0) is 16.0 Å². The monoisotopic (exact) mass is 314 g/mol. The first-order valence-corrected chi connectivity index (χ1v) is 7.20. The summed E-state index contributed by atoms with van der Waals surface area (Å²) in [5.41, 5.74) is 1.60. The Morgan fingerprint density at radius 1 is 1.17 bits per heavy atom. The van der Waals surface area contributed by atoms with Crippen molar-refractivity contribution in [3.05, 3.63) is 66.0 Å². The lowest BCUT2D eigenvalue weighted by Gasteiger charge is -2.18. The molecule has 1 amide bonds. The Morgan fingerprint density at radius 2 is 1.83 bits per heavy atom. The molecule has 0 aliphatic carbocycles. The maximum Gasteiger partial charge on any atom is 0.408 e. The average Bonchev–Trinajstić information content (AvgIpc) is 2.56. The minimum absolute atomic E-state index is 0.189. The van der Waals surface area contributed by atoms with Crippen LogP contribution in [0.5, 0.6) is 0 Å². The Balaban J connectivity index is 1.94. The molecular weight excluding hydrogens is 296 g/mol. The van der Waals surface area contributed by atoms with Crippen molar-refractivity contribution in [3.63, 3.8) is 0 Å². The number of rotatable bonds is 6. The van der Waals surface area contributed by atoms with E-state index in [1.807, 2.05) is 30.3 Å². The minimum atomic E-state index is -1.11. The normalized spacial score (nSPS) is 12.9. The molecule has 1 aromatic carbocycles. The molecule has 0 bridgehead atoms. The number of amides is 1. The smallest absolute Gasteiger partial charge is 0.408 e. The average molecular weight is 314 g/mol. The van der Waals surface area contributed by atoms with Gasteiger partial charge in [-0.1, -0.05) is 30.3 Å². The zero-order valence-corrected chi connectivity index (χ0v) is 12.7. The summed E-state index contributed by atoms with van der Waals surface area (Å²) < 4.78 is 5.21. The molecule has 2 aromatic rings. The topological polar surface area (TPSA) is 88.5 Å². The summed E-state index contributed by atoms with van der Waals surface area (Å²) in [5, 5.41) is 11.6. The number of aromatic nitrogens is 1. The molecule has 1 aromatic heterocycles. The van der Waals surface area contributed by atoms with Gasteiger partial charge in [0.1, 0.15) is 12.1 Å². The molecular formula is C17H18N2O4. The van der Waals surface area contributed by atoms with Crippen molar-refractivity contribution in [2.24, 2.45) is 0 Å². The number of carbonyl (C=O) groups excluding carboxylic acids is 1. The molecule has 1 heterocycles. The fourth-order valence-corrected chi connectivity index (χ4v) is 2.09. The van der Waals surface area contributed by atoms with E-state index >= 15 is 0 Å². The number of hydrogen-bond donors (Lipinski definition) is 2. The number of carboxylic acids is 1. The van der Waals surface area contributed by atoms with Crippen molar-refractivity contribution >= 4 is 12.1 Å². The highest BCUT2D eigenvalue weighted by Gasteiger charge is 2.22. The predicted molar refractivity (Wildman–Crippen MR) is 83.8 cm³/mol. The van der Waals surface area contributed by atoms with Crippen LogP contribution in [0.2, 0.25) is 0 Å². The van der Waals surface area contributed by atoms with Crippen molar-refractivity contribution in [1.82, 2.24) is 10.3 Å². The van der Waals surface area contributed by atoms with Crippen LogP contribution in [0.1, 0.15) is 24.2 Å². The summed E-state index contributed by atoms with van der Waals surface area (Å²) in [6, 6.07) is 11.5. The van der Waals surface area contributed by atoms with Gasteiger partial charge >= 0.3 is 12.1 Å². The molecule has 6 heteroatoms. The molecule has 0 aliphatic rings. The fourth-order valence-electron chi connectivity index (χ4n) is 2.09. The van der Waals surface area contributed by atoms with Gasteiger partial charge in [0.05, 0.1) is 0 Å². The lowest BCUT2D eigenvalue weighted by molar-refractivity contribution is -0.139.